The lowest BCUT2D eigenvalue weighted by molar-refractivity contribution is -0.156. The summed E-state index contributed by atoms with van der Waals surface area (Å²) >= 11 is 0. The molecule has 130 valence electrons. The predicted octanol–water partition coefficient (Wildman–Crippen LogP) is -0.743. The molecule has 5 amide bonds. The van der Waals surface area contributed by atoms with E-state index in [-0.39, 0.29) is 30.2 Å². The number of imide groups is 2. The fourth-order valence-electron chi connectivity index (χ4n) is 3.49. The van der Waals surface area contributed by atoms with Crippen molar-refractivity contribution in [2.75, 3.05) is 26.2 Å². The summed E-state index contributed by atoms with van der Waals surface area (Å²) in [6.07, 6.45) is 3.16. The van der Waals surface area contributed by atoms with Crippen LogP contribution in [0.5, 0.6) is 0 Å². The zero-order valence-electron chi connectivity index (χ0n) is 13.2. The third-order valence-corrected chi connectivity index (χ3v) is 4.73. The molecule has 9 nitrogen and oxygen atoms in total. The molecule has 0 aromatic heterocycles. The third-order valence-electron chi connectivity index (χ3n) is 4.73. The molecule has 0 radical (unpaired) electrons. The Balaban J connectivity index is 1.51. The quantitative estimate of drug-likeness (QED) is 0.534. The first-order chi connectivity index (χ1) is 11.5. The van der Waals surface area contributed by atoms with Crippen molar-refractivity contribution in [1.29, 1.82) is 0 Å². The molecule has 3 rings (SSSR count). The number of esters is 1. The van der Waals surface area contributed by atoms with Gasteiger partial charge in [0.15, 0.2) is 6.61 Å². The molecule has 2 atom stereocenters. The van der Waals surface area contributed by atoms with E-state index in [9.17, 15) is 24.0 Å². The standard InChI is InChI=1S/C15H19N3O6/c19-11(17-6-5-16-15(17)23)8-24-12(20)7-18-13(21)9-3-1-2-4-10(9)14(18)22/h9-10H,1-8H2,(H,16,23)/t9-,10+. The van der Waals surface area contributed by atoms with Gasteiger partial charge in [-0.2, -0.15) is 0 Å². The van der Waals surface area contributed by atoms with Crippen LogP contribution in [0.2, 0.25) is 0 Å². The van der Waals surface area contributed by atoms with Gasteiger partial charge in [0, 0.05) is 13.1 Å². The maximum absolute atomic E-state index is 12.2. The molecule has 9 heteroatoms. The van der Waals surface area contributed by atoms with Gasteiger partial charge in [-0.05, 0) is 12.8 Å². The van der Waals surface area contributed by atoms with Gasteiger partial charge in [-0.3, -0.25) is 29.0 Å². The molecule has 0 unspecified atom stereocenters. The number of hydrogen-bond donors (Lipinski definition) is 1. The second kappa shape index (κ2) is 6.58. The van der Waals surface area contributed by atoms with E-state index >= 15 is 0 Å². The number of rotatable bonds is 4. The van der Waals surface area contributed by atoms with Crippen molar-refractivity contribution < 1.29 is 28.7 Å². The Morgan fingerprint density at radius 3 is 2.25 bits per heavy atom. The summed E-state index contributed by atoms with van der Waals surface area (Å²) in [5.74, 6) is -2.77. The number of hydrogen-bond acceptors (Lipinski definition) is 6. The van der Waals surface area contributed by atoms with Gasteiger partial charge in [0.25, 0.3) is 5.91 Å². The van der Waals surface area contributed by atoms with Crippen molar-refractivity contribution in [3.05, 3.63) is 0 Å². The lowest BCUT2D eigenvalue weighted by atomic mass is 9.81. The lowest BCUT2D eigenvalue weighted by Crippen LogP contribution is -2.40. The molecule has 0 aromatic carbocycles. The Morgan fingerprint density at radius 2 is 1.71 bits per heavy atom. The summed E-state index contributed by atoms with van der Waals surface area (Å²) in [6.45, 7) is -0.487. The SMILES string of the molecule is O=C(CN1C(=O)[C@H]2CCCC[C@H]2C1=O)OCC(=O)N1CCNC1=O. The lowest BCUT2D eigenvalue weighted by Gasteiger charge is -2.19. The average Bonchev–Trinajstić information content (AvgIpc) is 3.11. The van der Waals surface area contributed by atoms with Crippen LogP contribution in [0.3, 0.4) is 0 Å². The summed E-state index contributed by atoms with van der Waals surface area (Å²) in [7, 11) is 0. The Labute approximate surface area is 138 Å². The molecule has 1 saturated carbocycles. The van der Waals surface area contributed by atoms with E-state index in [1.807, 2.05) is 0 Å². The summed E-state index contributed by atoms with van der Waals surface area (Å²) in [5, 5.41) is 2.47. The highest BCUT2D eigenvalue weighted by atomic mass is 16.5. The summed E-state index contributed by atoms with van der Waals surface area (Å²) in [5.41, 5.74) is 0. The van der Waals surface area contributed by atoms with E-state index in [4.69, 9.17) is 4.74 Å². The number of nitrogens with zero attached hydrogens (tertiary/aromatic N) is 2. The summed E-state index contributed by atoms with van der Waals surface area (Å²) in [4.78, 5) is 61.3. The van der Waals surface area contributed by atoms with Crippen LogP contribution in [-0.2, 0) is 23.9 Å². The van der Waals surface area contributed by atoms with E-state index in [1.54, 1.807) is 0 Å². The molecule has 1 N–H and O–H groups in total. The molecule has 2 saturated heterocycles. The van der Waals surface area contributed by atoms with Crippen molar-refractivity contribution in [2.24, 2.45) is 11.8 Å². The van der Waals surface area contributed by atoms with Crippen LogP contribution >= 0.6 is 0 Å². The van der Waals surface area contributed by atoms with Crippen molar-refractivity contribution in [1.82, 2.24) is 15.1 Å². The number of likely N-dealkylation sites (tertiary alicyclic amines) is 1. The molecule has 0 spiro atoms. The van der Waals surface area contributed by atoms with E-state index in [1.165, 1.54) is 0 Å². The molecule has 0 aromatic rings. The van der Waals surface area contributed by atoms with Crippen LogP contribution in [0.4, 0.5) is 4.79 Å². The molecular formula is C15H19N3O6. The number of amides is 5. The van der Waals surface area contributed by atoms with Gasteiger partial charge in [0.05, 0.1) is 11.8 Å². The van der Waals surface area contributed by atoms with Crippen molar-refractivity contribution in [2.45, 2.75) is 25.7 Å². The van der Waals surface area contributed by atoms with Gasteiger partial charge in [-0.25, -0.2) is 4.79 Å². The summed E-state index contributed by atoms with van der Waals surface area (Å²) in [6, 6.07) is -0.523. The highest BCUT2D eigenvalue weighted by Gasteiger charge is 2.48. The number of carbonyl (C=O) groups excluding carboxylic acids is 5. The van der Waals surface area contributed by atoms with Gasteiger partial charge in [0.1, 0.15) is 6.54 Å². The zero-order chi connectivity index (χ0) is 17.3. The Bertz CT molecular complexity index is 580. The maximum Gasteiger partial charge on any atom is 0.326 e. The van der Waals surface area contributed by atoms with Crippen LogP contribution in [-0.4, -0.2) is 65.8 Å². The van der Waals surface area contributed by atoms with Crippen LogP contribution in [0.15, 0.2) is 0 Å². The maximum atomic E-state index is 12.2. The second-order valence-corrected chi connectivity index (χ2v) is 6.20. The average molecular weight is 337 g/mol. The normalized spacial score (nSPS) is 26.4. The van der Waals surface area contributed by atoms with E-state index in [0.717, 1.165) is 22.6 Å². The molecule has 0 bridgehead atoms. The number of nitrogens with one attached hydrogen (secondary N) is 1. The largest absolute Gasteiger partial charge is 0.454 e. The second-order valence-electron chi connectivity index (χ2n) is 6.20. The first-order valence-corrected chi connectivity index (χ1v) is 8.08. The first-order valence-electron chi connectivity index (χ1n) is 8.08. The van der Waals surface area contributed by atoms with E-state index < -0.39 is 31.1 Å². The Kier molecular flexibility index (Phi) is 4.50. The molecule has 1 aliphatic carbocycles. The molecule has 2 aliphatic heterocycles. The highest BCUT2D eigenvalue weighted by Crippen LogP contribution is 2.37. The van der Waals surface area contributed by atoms with Crippen LogP contribution < -0.4 is 5.32 Å². The minimum Gasteiger partial charge on any atom is -0.454 e. The number of ether oxygens (including phenoxy) is 1. The van der Waals surface area contributed by atoms with Crippen molar-refractivity contribution in [3.8, 4) is 0 Å². The highest BCUT2D eigenvalue weighted by molar-refractivity contribution is 6.07. The number of urea groups is 1. The summed E-state index contributed by atoms with van der Waals surface area (Å²) < 4.78 is 4.82. The fourth-order valence-corrected chi connectivity index (χ4v) is 3.49. The third kappa shape index (κ3) is 2.98. The van der Waals surface area contributed by atoms with Gasteiger partial charge >= 0.3 is 12.0 Å². The van der Waals surface area contributed by atoms with Crippen LogP contribution in [0.25, 0.3) is 0 Å². The first kappa shape index (κ1) is 16.4. The number of carbonyl (C=O) groups is 5. The van der Waals surface area contributed by atoms with Gasteiger partial charge < -0.3 is 10.1 Å². The smallest absolute Gasteiger partial charge is 0.326 e. The minimum atomic E-state index is -0.830. The van der Waals surface area contributed by atoms with Crippen molar-refractivity contribution >= 4 is 29.7 Å². The van der Waals surface area contributed by atoms with E-state index in [0.29, 0.717) is 19.4 Å². The minimum absolute atomic E-state index is 0.224. The van der Waals surface area contributed by atoms with E-state index in [2.05, 4.69) is 5.32 Å². The zero-order valence-corrected chi connectivity index (χ0v) is 13.2. The van der Waals surface area contributed by atoms with Gasteiger partial charge in [-0.1, -0.05) is 12.8 Å². The molecule has 3 aliphatic rings. The van der Waals surface area contributed by atoms with Crippen LogP contribution in [0, 0.1) is 11.8 Å². The topological polar surface area (TPSA) is 113 Å². The molecule has 2 heterocycles. The number of fused-ring (bicyclic) bond motifs is 1. The Morgan fingerprint density at radius 1 is 1.08 bits per heavy atom. The van der Waals surface area contributed by atoms with Crippen LogP contribution in [0.1, 0.15) is 25.7 Å². The predicted molar refractivity (Wildman–Crippen MR) is 78.2 cm³/mol. The monoisotopic (exact) mass is 337 g/mol. The molecule has 24 heavy (non-hydrogen) atoms. The van der Waals surface area contributed by atoms with Crippen molar-refractivity contribution in [3.63, 3.8) is 0 Å². The van der Waals surface area contributed by atoms with Gasteiger partial charge in [-0.15, -0.1) is 0 Å². The fraction of sp³-hybridized carbons (Fsp3) is 0.667. The Hall–Kier alpha value is -2.45. The molecular weight excluding hydrogens is 318 g/mol. The molecule has 3 fully saturated rings. The van der Waals surface area contributed by atoms with Gasteiger partial charge in [0.2, 0.25) is 11.8 Å².